The Bertz CT molecular complexity index is 1380. The van der Waals surface area contributed by atoms with Gasteiger partial charge in [0.1, 0.15) is 5.75 Å². The number of pyridine rings is 1. The van der Waals surface area contributed by atoms with Crippen LogP contribution in [-0.4, -0.2) is 60.0 Å². The minimum Gasteiger partial charge on any atom is -0.405 e. The molecule has 1 amide bonds. The predicted molar refractivity (Wildman–Crippen MR) is 126 cm³/mol. The molecule has 1 saturated heterocycles. The molecular weight excluding hydrogens is 495 g/mol. The van der Waals surface area contributed by atoms with E-state index in [2.05, 4.69) is 9.72 Å². The van der Waals surface area contributed by atoms with E-state index >= 15 is 0 Å². The van der Waals surface area contributed by atoms with Crippen LogP contribution in [0.3, 0.4) is 0 Å². The van der Waals surface area contributed by atoms with Gasteiger partial charge in [0.05, 0.1) is 10.5 Å². The molecule has 1 aromatic heterocycles. The van der Waals surface area contributed by atoms with Gasteiger partial charge in [-0.05, 0) is 49.9 Å². The number of hydrogen-bond donors (Lipinski definition) is 0. The summed E-state index contributed by atoms with van der Waals surface area (Å²) in [7, 11) is -3.82. The number of ether oxygens (including phenoxy) is 1. The van der Waals surface area contributed by atoms with Crippen molar-refractivity contribution in [2.45, 2.75) is 49.0 Å². The largest absolute Gasteiger partial charge is 0.573 e. The molecule has 7 nitrogen and oxygen atoms in total. The Balaban J connectivity index is 1.35. The molecule has 0 spiro atoms. The number of nitrogens with zero attached hydrogens (tertiary/aromatic N) is 3. The molecule has 2 heterocycles. The Morgan fingerprint density at radius 3 is 2.36 bits per heavy atom. The average Bonchev–Trinajstić information content (AvgIpc) is 3.68. The zero-order valence-electron chi connectivity index (χ0n) is 19.2. The molecule has 36 heavy (non-hydrogen) atoms. The van der Waals surface area contributed by atoms with Crippen molar-refractivity contribution in [2.75, 3.05) is 13.1 Å². The number of benzene rings is 2. The predicted octanol–water partition coefficient (Wildman–Crippen LogP) is 4.59. The number of carbonyl (C=O) groups is 1. The fraction of sp³-hybridized carbons (Fsp3) is 0.360. The van der Waals surface area contributed by atoms with Gasteiger partial charge in [-0.1, -0.05) is 24.3 Å². The van der Waals surface area contributed by atoms with Crippen LogP contribution in [0, 0.1) is 0 Å². The lowest BCUT2D eigenvalue weighted by molar-refractivity contribution is -0.274. The molecule has 190 valence electrons. The molecule has 2 fully saturated rings. The summed E-state index contributed by atoms with van der Waals surface area (Å²) in [6.45, 7) is 0.449. The van der Waals surface area contributed by atoms with Gasteiger partial charge in [-0.25, -0.2) is 8.42 Å². The second-order valence-corrected chi connectivity index (χ2v) is 10.8. The van der Waals surface area contributed by atoms with Crippen molar-refractivity contribution in [1.29, 1.82) is 0 Å². The van der Waals surface area contributed by atoms with Crippen LogP contribution >= 0.6 is 0 Å². The van der Waals surface area contributed by atoms with Gasteiger partial charge in [-0.3, -0.25) is 9.78 Å². The third-order valence-electron chi connectivity index (χ3n) is 6.56. The van der Waals surface area contributed by atoms with Gasteiger partial charge >= 0.3 is 6.36 Å². The third-order valence-corrected chi connectivity index (χ3v) is 8.62. The standard InChI is InChI=1S/C25H24F3N3O4S/c26-25(27,28)35-22-6-2-1-5-21(22)24(32)30-14-11-19(12-15-30)31(18-8-9-18)36(33,34)23-7-3-4-17-16-29-13-10-20(17)23/h1-7,10,13,16,18-19H,8-9,11-12,14-15H2. The molecule has 5 rings (SSSR count). The molecule has 2 aromatic carbocycles. The highest BCUT2D eigenvalue weighted by molar-refractivity contribution is 7.89. The fourth-order valence-corrected chi connectivity index (χ4v) is 6.95. The number of para-hydroxylation sites is 1. The molecule has 0 radical (unpaired) electrons. The lowest BCUT2D eigenvalue weighted by Crippen LogP contribution is -2.49. The first kappa shape index (κ1) is 24.5. The van der Waals surface area contributed by atoms with Crippen LogP contribution in [-0.2, 0) is 10.0 Å². The first-order chi connectivity index (χ1) is 17.1. The number of carbonyl (C=O) groups excluding carboxylic acids is 1. The highest BCUT2D eigenvalue weighted by Gasteiger charge is 2.44. The molecule has 0 bridgehead atoms. The molecule has 0 unspecified atom stereocenters. The van der Waals surface area contributed by atoms with Crippen molar-refractivity contribution in [3.63, 3.8) is 0 Å². The molecule has 1 aliphatic carbocycles. The Hall–Kier alpha value is -3.18. The summed E-state index contributed by atoms with van der Waals surface area (Å²) >= 11 is 0. The third kappa shape index (κ3) is 4.90. The monoisotopic (exact) mass is 519 g/mol. The number of likely N-dealkylation sites (tertiary alicyclic amines) is 1. The maximum atomic E-state index is 13.8. The van der Waals surface area contributed by atoms with E-state index in [1.807, 2.05) is 6.07 Å². The highest BCUT2D eigenvalue weighted by atomic mass is 32.2. The molecular formula is C25H24F3N3O4S. The van der Waals surface area contributed by atoms with Crippen molar-refractivity contribution >= 4 is 26.7 Å². The van der Waals surface area contributed by atoms with Crippen LogP contribution in [0.15, 0.2) is 65.8 Å². The zero-order valence-corrected chi connectivity index (χ0v) is 20.0. The van der Waals surface area contributed by atoms with Crippen LogP contribution in [0.4, 0.5) is 13.2 Å². The van der Waals surface area contributed by atoms with E-state index in [0.717, 1.165) is 24.3 Å². The van der Waals surface area contributed by atoms with Gasteiger partial charge in [0.2, 0.25) is 10.0 Å². The van der Waals surface area contributed by atoms with Gasteiger partial charge in [-0.2, -0.15) is 4.31 Å². The fourth-order valence-electron chi connectivity index (χ4n) is 4.80. The number of amides is 1. The highest BCUT2D eigenvalue weighted by Crippen LogP contribution is 2.38. The average molecular weight is 520 g/mol. The van der Waals surface area contributed by atoms with E-state index in [9.17, 15) is 26.4 Å². The number of halogens is 3. The lowest BCUT2D eigenvalue weighted by Gasteiger charge is -2.38. The van der Waals surface area contributed by atoms with E-state index in [1.54, 1.807) is 34.9 Å². The topological polar surface area (TPSA) is 79.8 Å². The second-order valence-electron chi connectivity index (χ2n) is 8.99. The van der Waals surface area contributed by atoms with Crippen LogP contribution < -0.4 is 4.74 Å². The van der Waals surface area contributed by atoms with Crippen molar-refractivity contribution in [3.8, 4) is 5.75 Å². The van der Waals surface area contributed by atoms with Crippen molar-refractivity contribution in [1.82, 2.24) is 14.2 Å². The van der Waals surface area contributed by atoms with Crippen molar-refractivity contribution in [2.24, 2.45) is 0 Å². The van der Waals surface area contributed by atoms with Crippen molar-refractivity contribution < 1.29 is 31.1 Å². The molecule has 2 aliphatic rings. The van der Waals surface area contributed by atoms with Gasteiger partial charge < -0.3 is 9.64 Å². The van der Waals surface area contributed by atoms with Crippen molar-refractivity contribution in [3.05, 3.63) is 66.5 Å². The zero-order chi connectivity index (χ0) is 25.5. The maximum absolute atomic E-state index is 13.8. The van der Waals surface area contributed by atoms with Gasteiger partial charge in [-0.15, -0.1) is 13.2 Å². The van der Waals surface area contributed by atoms with Crippen LogP contribution in [0.5, 0.6) is 5.75 Å². The van der Waals surface area contributed by atoms with Crippen LogP contribution in [0.1, 0.15) is 36.0 Å². The smallest absolute Gasteiger partial charge is 0.405 e. The number of hydrogen-bond acceptors (Lipinski definition) is 5. The minimum atomic E-state index is -4.92. The maximum Gasteiger partial charge on any atom is 0.573 e. The minimum absolute atomic E-state index is 0.0970. The number of aromatic nitrogens is 1. The number of piperidine rings is 1. The summed E-state index contributed by atoms with van der Waals surface area (Å²) in [5.74, 6) is -1.12. The molecule has 1 saturated carbocycles. The first-order valence-corrected chi connectivity index (χ1v) is 13.1. The molecule has 0 atom stereocenters. The van der Waals surface area contributed by atoms with E-state index in [4.69, 9.17) is 0 Å². The Labute approximate surface area is 206 Å². The Morgan fingerprint density at radius 1 is 0.972 bits per heavy atom. The Morgan fingerprint density at radius 2 is 1.67 bits per heavy atom. The summed E-state index contributed by atoms with van der Waals surface area (Å²) in [5, 5.41) is 1.33. The van der Waals surface area contributed by atoms with E-state index < -0.39 is 28.0 Å². The van der Waals surface area contributed by atoms with E-state index in [-0.39, 0.29) is 35.6 Å². The second kappa shape index (κ2) is 9.36. The van der Waals surface area contributed by atoms with Gasteiger partial charge in [0.15, 0.2) is 0 Å². The number of sulfonamides is 1. The molecule has 3 aromatic rings. The summed E-state index contributed by atoms with van der Waals surface area (Å²) in [5.41, 5.74) is -0.177. The quantitative estimate of drug-likeness (QED) is 0.476. The van der Waals surface area contributed by atoms with Gasteiger partial charge in [0.25, 0.3) is 5.91 Å². The summed E-state index contributed by atoms with van der Waals surface area (Å²) < 4.78 is 71.7. The normalized spacial score (nSPS) is 17.5. The summed E-state index contributed by atoms with van der Waals surface area (Å²) in [4.78, 5) is 18.8. The summed E-state index contributed by atoms with van der Waals surface area (Å²) in [6, 6.07) is 11.6. The molecule has 11 heteroatoms. The molecule has 0 N–H and O–H groups in total. The lowest BCUT2D eigenvalue weighted by atomic mass is 10.0. The number of rotatable bonds is 6. The number of alkyl halides is 3. The van der Waals surface area contributed by atoms with Crippen LogP contribution in [0.2, 0.25) is 0 Å². The van der Waals surface area contributed by atoms with Gasteiger partial charge in [0, 0.05) is 48.3 Å². The van der Waals surface area contributed by atoms with E-state index in [1.165, 1.54) is 23.1 Å². The first-order valence-electron chi connectivity index (χ1n) is 11.7. The number of fused-ring (bicyclic) bond motifs is 1. The van der Waals surface area contributed by atoms with E-state index in [0.29, 0.717) is 18.2 Å². The van der Waals surface area contributed by atoms with Crippen LogP contribution in [0.25, 0.3) is 10.8 Å². The summed E-state index contributed by atoms with van der Waals surface area (Å²) in [6.07, 6.45) is 0.583. The SMILES string of the molecule is O=C(c1ccccc1OC(F)(F)F)N1CCC(N(C2CC2)S(=O)(=O)c2cccc3cnccc23)CC1. The Kier molecular flexibility index (Phi) is 6.37. The molecule has 1 aliphatic heterocycles.